The van der Waals surface area contributed by atoms with Gasteiger partial charge in [-0.3, -0.25) is 4.79 Å². The normalized spacial score (nSPS) is 37.3. The van der Waals surface area contributed by atoms with Crippen molar-refractivity contribution in [1.29, 1.82) is 0 Å². The first-order valence-electron chi connectivity index (χ1n) is 9.93. The molecule has 0 saturated carbocycles. The summed E-state index contributed by atoms with van der Waals surface area (Å²) in [7, 11) is 1.38. The van der Waals surface area contributed by atoms with E-state index in [0.717, 1.165) is 28.6 Å². The van der Waals surface area contributed by atoms with E-state index in [2.05, 4.69) is 30.1 Å². The Kier molecular flexibility index (Phi) is 2.96. The second-order valence-corrected chi connectivity index (χ2v) is 8.42. The van der Waals surface area contributed by atoms with Crippen LogP contribution in [-0.2, 0) is 25.5 Å². The molecule has 1 spiro atoms. The van der Waals surface area contributed by atoms with Gasteiger partial charge in [-0.25, -0.2) is 4.79 Å². The molecule has 2 fully saturated rings. The van der Waals surface area contributed by atoms with Crippen molar-refractivity contribution in [3.8, 4) is 0 Å². The SMILES string of the molecule is CC[C@]12C=C[C@@]3(O1)[C@@H]1c4[nH]c5ccccc5c4C[C@@H](C(=O)OC)N1C(=O)[C@@H]3C2. The van der Waals surface area contributed by atoms with Gasteiger partial charge in [-0.05, 0) is 24.5 Å². The van der Waals surface area contributed by atoms with Crippen LogP contribution in [0.5, 0.6) is 0 Å². The molecule has 5 heterocycles. The van der Waals surface area contributed by atoms with E-state index in [1.165, 1.54) is 7.11 Å². The van der Waals surface area contributed by atoms with E-state index in [4.69, 9.17) is 9.47 Å². The Morgan fingerprint density at radius 3 is 2.96 bits per heavy atom. The Bertz CT molecular complexity index is 1070. The molecule has 1 aromatic heterocycles. The monoisotopic (exact) mass is 378 g/mol. The lowest BCUT2D eigenvalue weighted by Crippen LogP contribution is -2.51. The molecular weight excluding hydrogens is 356 g/mol. The summed E-state index contributed by atoms with van der Waals surface area (Å²) in [6.07, 6.45) is 6.18. The zero-order valence-corrected chi connectivity index (χ0v) is 15.9. The van der Waals surface area contributed by atoms with Crippen molar-refractivity contribution in [1.82, 2.24) is 9.88 Å². The van der Waals surface area contributed by atoms with Crippen LogP contribution in [0.1, 0.15) is 37.1 Å². The Hall–Kier alpha value is -2.60. The van der Waals surface area contributed by atoms with Gasteiger partial charge in [0.2, 0.25) is 5.91 Å². The number of H-pyrrole nitrogens is 1. The second-order valence-electron chi connectivity index (χ2n) is 8.42. The minimum atomic E-state index is -0.713. The van der Waals surface area contributed by atoms with Crippen LogP contribution in [0.15, 0.2) is 36.4 Å². The summed E-state index contributed by atoms with van der Waals surface area (Å²) in [5.41, 5.74) is 2.03. The van der Waals surface area contributed by atoms with Crippen molar-refractivity contribution < 1.29 is 19.1 Å². The quantitative estimate of drug-likeness (QED) is 0.644. The van der Waals surface area contributed by atoms with Gasteiger partial charge in [0.15, 0.2) is 0 Å². The van der Waals surface area contributed by atoms with Gasteiger partial charge >= 0.3 is 5.97 Å². The van der Waals surface area contributed by atoms with Crippen LogP contribution >= 0.6 is 0 Å². The number of ether oxygens (including phenoxy) is 2. The lowest BCUT2D eigenvalue weighted by Gasteiger charge is -2.40. The summed E-state index contributed by atoms with van der Waals surface area (Å²) in [5, 5.41) is 1.10. The zero-order valence-electron chi connectivity index (χ0n) is 15.9. The first-order chi connectivity index (χ1) is 13.5. The molecule has 6 heteroatoms. The average Bonchev–Trinajstić information content (AvgIpc) is 3.44. The molecule has 5 atom stereocenters. The van der Waals surface area contributed by atoms with Gasteiger partial charge in [0.05, 0.1) is 18.6 Å². The average molecular weight is 378 g/mol. The smallest absolute Gasteiger partial charge is 0.328 e. The maximum absolute atomic E-state index is 13.5. The van der Waals surface area contributed by atoms with E-state index in [9.17, 15) is 9.59 Å². The molecule has 144 valence electrons. The number of para-hydroxylation sites is 1. The standard InChI is InChI=1S/C22H22N2O4/c1-3-21-8-9-22(28-21)14(11-21)19(25)24-16(20(26)27-2)10-13-12-6-4-5-7-15(12)23-17(13)18(22)24/h4-9,14,16,18,23H,3,10-11H2,1-2H3/t14-,16-,18-,21+,22-/m0/s1. The minimum absolute atomic E-state index is 0.00406. The Balaban J connectivity index is 1.60. The molecule has 2 bridgehead atoms. The Morgan fingerprint density at radius 2 is 2.18 bits per heavy atom. The van der Waals surface area contributed by atoms with Crippen molar-refractivity contribution in [2.45, 2.75) is 49.5 Å². The van der Waals surface area contributed by atoms with E-state index < -0.39 is 11.6 Å². The number of benzene rings is 1. The number of hydrogen-bond acceptors (Lipinski definition) is 4. The first-order valence-corrected chi connectivity index (χ1v) is 9.93. The first kappa shape index (κ1) is 16.4. The molecule has 1 amide bonds. The van der Waals surface area contributed by atoms with Crippen LogP contribution in [0.4, 0.5) is 0 Å². The van der Waals surface area contributed by atoms with E-state index in [1.807, 2.05) is 18.2 Å². The van der Waals surface area contributed by atoms with E-state index in [1.54, 1.807) is 4.90 Å². The van der Waals surface area contributed by atoms with Crippen molar-refractivity contribution in [3.63, 3.8) is 0 Å². The molecule has 28 heavy (non-hydrogen) atoms. The number of hydrogen-bond donors (Lipinski definition) is 1. The third kappa shape index (κ3) is 1.69. The predicted molar refractivity (Wildman–Crippen MR) is 101 cm³/mol. The zero-order chi connectivity index (χ0) is 19.3. The van der Waals surface area contributed by atoms with Gasteiger partial charge in [-0.2, -0.15) is 0 Å². The molecule has 1 aromatic carbocycles. The number of carbonyl (C=O) groups excluding carboxylic acids is 2. The second kappa shape index (κ2) is 5.06. The topological polar surface area (TPSA) is 71.6 Å². The molecule has 2 saturated heterocycles. The lowest BCUT2D eigenvalue weighted by molar-refractivity contribution is -0.155. The number of nitrogens with one attached hydrogen (secondary N) is 1. The highest BCUT2D eigenvalue weighted by atomic mass is 16.5. The molecular formula is C22H22N2O4. The van der Waals surface area contributed by atoms with Gasteiger partial charge in [0.25, 0.3) is 0 Å². The number of esters is 1. The molecule has 0 aliphatic carbocycles. The van der Waals surface area contributed by atoms with E-state index in [0.29, 0.717) is 12.8 Å². The highest BCUT2D eigenvalue weighted by Gasteiger charge is 2.72. The molecule has 0 unspecified atom stereocenters. The van der Waals surface area contributed by atoms with E-state index in [-0.39, 0.29) is 29.4 Å². The van der Waals surface area contributed by atoms with Gasteiger partial charge in [-0.1, -0.05) is 37.3 Å². The molecule has 2 aromatic rings. The molecule has 1 N–H and O–H groups in total. The van der Waals surface area contributed by atoms with Crippen LogP contribution < -0.4 is 0 Å². The van der Waals surface area contributed by atoms with Gasteiger partial charge in [-0.15, -0.1) is 0 Å². The highest BCUT2D eigenvalue weighted by Crippen LogP contribution is 2.63. The summed E-state index contributed by atoms with van der Waals surface area (Å²) in [4.78, 5) is 31.5. The fourth-order valence-electron chi connectivity index (χ4n) is 5.98. The Labute approximate surface area is 162 Å². The van der Waals surface area contributed by atoms with Crippen LogP contribution in [0.3, 0.4) is 0 Å². The Morgan fingerprint density at radius 1 is 1.36 bits per heavy atom. The number of amides is 1. The number of aromatic nitrogens is 1. The number of nitrogens with zero attached hydrogens (tertiary/aromatic N) is 1. The van der Waals surface area contributed by atoms with Crippen molar-refractivity contribution >= 4 is 22.8 Å². The van der Waals surface area contributed by atoms with Crippen molar-refractivity contribution in [2.24, 2.45) is 5.92 Å². The van der Waals surface area contributed by atoms with Crippen molar-refractivity contribution in [3.05, 3.63) is 47.7 Å². The molecule has 0 radical (unpaired) electrons. The highest BCUT2D eigenvalue weighted by molar-refractivity contribution is 5.94. The molecule has 4 aliphatic heterocycles. The third-order valence-corrected chi connectivity index (χ3v) is 7.31. The van der Waals surface area contributed by atoms with Crippen LogP contribution in [0.25, 0.3) is 10.9 Å². The number of rotatable bonds is 2. The minimum Gasteiger partial charge on any atom is -0.467 e. The largest absolute Gasteiger partial charge is 0.467 e. The summed E-state index contributed by atoms with van der Waals surface area (Å²) in [6, 6.07) is 7.13. The maximum Gasteiger partial charge on any atom is 0.328 e. The van der Waals surface area contributed by atoms with Gasteiger partial charge in [0.1, 0.15) is 17.7 Å². The van der Waals surface area contributed by atoms with Crippen LogP contribution in [0, 0.1) is 5.92 Å². The summed E-state index contributed by atoms with van der Waals surface area (Å²) < 4.78 is 11.7. The molecule has 4 aliphatic rings. The third-order valence-electron chi connectivity index (χ3n) is 7.31. The predicted octanol–water partition coefficient (Wildman–Crippen LogP) is 2.64. The summed E-state index contributed by atoms with van der Waals surface area (Å²) in [5.74, 6) is -0.620. The number of carbonyl (C=O) groups is 2. The van der Waals surface area contributed by atoms with Gasteiger partial charge < -0.3 is 19.4 Å². The lowest BCUT2D eigenvalue weighted by atomic mass is 9.76. The number of aromatic amines is 1. The number of methoxy groups -OCH3 is 1. The maximum atomic E-state index is 13.5. The van der Waals surface area contributed by atoms with Crippen molar-refractivity contribution in [2.75, 3.05) is 7.11 Å². The van der Waals surface area contributed by atoms with Crippen LogP contribution in [-0.4, -0.2) is 46.1 Å². The fraction of sp³-hybridized carbons (Fsp3) is 0.455. The van der Waals surface area contributed by atoms with Crippen LogP contribution in [0.2, 0.25) is 0 Å². The summed E-state index contributed by atoms with van der Waals surface area (Å²) in [6.45, 7) is 2.10. The molecule has 6 rings (SSSR count). The summed E-state index contributed by atoms with van der Waals surface area (Å²) >= 11 is 0. The molecule has 6 nitrogen and oxygen atoms in total. The number of fused-ring (bicyclic) bond motifs is 6. The fourth-order valence-corrected chi connectivity index (χ4v) is 5.98. The van der Waals surface area contributed by atoms with E-state index >= 15 is 0 Å². The van der Waals surface area contributed by atoms with Gasteiger partial charge in [0, 0.05) is 23.0 Å².